The van der Waals surface area contributed by atoms with Gasteiger partial charge in [-0.2, -0.15) is 5.26 Å². The zero-order valence-corrected chi connectivity index (χ0v) is 13.4. The van der Waals surface area contributed by atoms with Gasteiger partial charge in [-0.3, -0.25) is 0 Å². The Morgan fingerprint density at radius 1 is 1.17 bits per heavy atom. The molecule has 122 valence electrons. The lowest BCUT2D eigenvalue weighted by Crippen LogP contribution is -2.36. The molecule has 2 aromatic carbocycles. The zero-order chi connectivity index (χ0) is 17.2. The Morgan fingerprint density at radius 2 is 1.88 bits per heavy atom. The predicted molar refractivity (Wildman–Crippen MR) is 93.2 cm³/mol. The van der Waals surface area contributed by atoms with E-state index in [1.165, 1.54) is 0 Å². The fourth-order valence-corrected chi connectivity index (χ4v) is 2.33. The van der Waals surface area contributed by atoms with Gasteiger partial charge >= 0.3 is 6.09 Å². The van der Waals surface area contributed by atoms with E-state index >= 15 is 0 Å². The van der Waals surface area contributed by atoms with Crippen molar-refractivity contribution in [3.63, 3.8) is 0 Å². The number of hydrogen-bond donors (Lipinski definition) is 1. The first kappa shape index (κ1) is 17.3. The van der Waals surface area contributed by atoms with Crippen molar-refractivity contribution in [2.45, 2.75) is 25.5 Å². The molecule has 2 rings (SSSR count). The van der Waals surface area contributed by atoms with Gasteiger partial charge in [0, 0.05) is 6.04 Å². The van der Waals surface area contributed by atoms with Crippen molar-refractivity contribution in [1.29, 1.82) is 5.26 Å². The van der Waals surface area contributed by atoms with Gasteiger partial charge in [0.05, 0.1) is 11.6 Å². The molecule has 24 heavy (non-hydrogen) atoms. The molecule has 1 amide bonds. The van der Waals surface area contributed by atoms with Crippen molar-refractivity contribution in [2.24, 2.45) is 0 Å². The Labute approximate surface area is 142 Å². The van der Waals surface area contributed by atoms with Crippen LogP contribution in [0.1, 0.15) is 23.1 Å². The molecule has 0 aliphatic rings. The minimum absolute atomic E-state index is 0.0984. The molecule has 4 heteroatoms. The predicted octanol–water partition coefficient (Wildman–Crippen LogP) is 3.97. The van der Waals surface area contributed by atoms with Gasteiger partial charge in [-0.05, 0) is 36.1 Å². The Kier molecular flexibility index (Phi) is 6.60. The topological polar surface area (TPSA) is 62.1 Å². The largest absolute Gasteiger partial charge is 0.445 e. The number of nitrogens with zero attached hydrogens (tertiary/aromatic N) is 1. The summed E-state index contributed by atoms with van der Waals surface area (Å²) in [5.41, 5.74) is 2.61. The molecular formula is C20H20N2O2. The Bertz CT molecular complexity index is 703. The van der Waals surface area contributed by atoms with E-state index in [0.29, 0.717) is 18.4 Å². The summed E-state index contributed by atoms with van der Waals surface area (Å²) in [6, 6.07) is 18.9. The Morgan fingerprint density at radius 3 is 2.50 bits per heavy atom. The monoisotopic (exact) mass is 320 g/mol. The molecule has 0 saturated heterocycles. The second kappa shape index (κ2) is 9.16. The van der Waals surface area contributed by atoms with Crippen LogP contribution in [0, 0.1) is 11.3 Å². The summed E-state index contributed by atoms with van der Waals surface area (Å²) in [7, 11) is 0. The molecule has 0 aromatic heterocycles. The average molecular weight is 320 g/mol. The van der Waals surface area contributed by atoms with Crippen LogP contribution in [-0.2, 0) is 17.8 Å². The van der Waals surface area contributed by atoms with Gasteiger partial charge in [0.25, 0.3) is 0 Å². The van der Waals surface area contributed by atoms with E-state index in [2.05, 4.69) is 18.0 Å². The lowest BCUT2D eigenvalue weighted by Gasteiger charge is -2.17. The molecular weight excluding hydrogens is 300 g/mol. The number of amides is 1. The fraction of sp³-hybridized carbons (Fsp3) is 0.200. The summed E-state index contributed by atoms with van der Waals surface area (Å²) in [6.07, 6.45) is 2.61. The summed E-state index contributed by atoms with van der Waals surface area (Å²) in [5.74, 6) is 0. The number of benzene rings is 2. The van der Waals surface area contributed by atoms with Crippen molar-refractivity contribution in [3.05, 3.63) is 83.9 Å². The number of nitriles is 1. The van der Waals surface area contributed by atoms with E-state index < -0.39 is 6.09 Å². The maximum atomic E-state index is 12.0. The third-order valence-corrected chi connectivity index (χ3v) is 3.55. The number of carbonyl (C=O) groups is 1. The van der Waals surface area contributed by atoms with Crippen LogP contribution < -0.4 is 5.32 Å². The van der Waals surface area contributed by atoms with Crippen LogP contribution in [0.5, 0.6) is 0 Å². The van der Waals surface area contributed by atoms with Crippen LogP contribution >= 0.6 is 0 Å². The van der Waals surface area contributed by atoms with E-state index in [-0.39, 0.29) is 12.6 Å². The van der Waals surface area contributed by atoms with Gasteiger partial charge < -0.3 is 10.1 Å². The van der Waals surface area contributed by atoms with Crippen molar-refractivity contribution in [1.82, 2.24) is 5.32 Å². The number of rotatable bonds is 7. The number of nitrogens with one attached hydrogen (secondary N) is 1. The molecule has 1 N–H and O–H groups in total. The first-order chi connectivity index (χ1) is 11.7. The Hall–Kier alpha value is -3.06. The quantitative estimate of drug-likeness (QED) is 0.785. The van der Waals surface area contributed by atoms with E-state index in [4.69, 9.17) is 10.00 Å². The van der Waals surface area contributed by atoms with Crippen LogP contribution in [-0.4, -0.2) is 12.1 Å². The van der Waals surface area contributed by atoms with Crippen molar-refractivity contribution in [3.8, 4) is 6.07 Å². The highest BCUT2D eigenvalue weighted by Gasteiger charge is 2.13. The van der Waals surface area contributed by atoms with Crippen molar-refractivity contribution >= 4 is 6.09 Å². The van der Waals surface area contributed by atoms with E-state index in [1.807, 2.05) is 42.5 Å². The zero-order valence-electron chi connectivity index (χ0n) is 13.4. The van der Waals surface area contributed by atoms with E-state index in [9.17, 15) is 4.79 Å². The number of ether oxygens (including phenoxy) is 1. The van der Waals surface area contributed by atoms with Gasteiger partial charge in [-0.1, -0.05) is 48.5 Å². The molecule has 0 radical (unpaired) electrons. The molecule has 0 bridgehead atoms. The fourth-order valence-electron chi connectivity index (χ4n) is 2.33. The average Bonchev–Trinajstić information content (AvgIpc) is 2.62. The number of hydrogen-bond acceptors (Lipinski definition) is 3. The maximum Gasteiger partial charge on any atom is 0.407 e. The van der Waals surface area contributed by atoms with Crippen molar-refractivity contribution in [2.75, 3.05) is 0 Å². The molecule has 4 nitrogen and oxygen atoms in total. The number of alkyl carbamates (subject to hydrolysis) is 1. The minimum Gasteiger partial charge on any atom is -0.445 e. The first-order valence-corrected chi connectivity index (χ1v) is 7.78. The van der Waals surface area contributed by atoms with Crippen LogP contribution in [0.4, 0.5) is 4.79 Å². The van der Waals surface area contributed by atoms with Gasteiger partial charge in [0.1, 0.15) is 6.61 Å². The lowest BCUT2D eigenvalue weighted by molar-refractivity contribution is 0.135. The Balaban J connectivity index is 1.88. The third kappa shape index (κ3) is 5.62. The molecule has 0 spiro atoms. The maximum absolute atomic E-state index is 12.0. The summed E-state index contributed by atoms with van der Waals surface area (Å²) in [4.78, 5) is 12.0. The molecule has 1 atom stereocenters. The summed E-state index contributed by atoms with van der Waals surface area (Å²) >= 11 is 0. The molecule has 0 aliphatic heterocycles. The summed E-state index contributed by atoms with van der Waals surface area (Å²) in [5, 5.41) is 11.7. The summed E-state index contributed by atoms with van der Waals surface area (Å²) in [6.45, 7) is 3.98. The molecule has 1 unspecified atom stereocenters. The highest BCUT2D eigenvalue weighted by atomic mass is 16.5. The number of carbonyl (C=O) groups excluding carboxylic acids is 1. The second-order valence-electron chi connectivity index (χ2n) is 5.44. The summed E-state index contributed by atoms with van der Waals surface area (Å²) < 4.78 is 5.25. The van der Waals surface area contributed by atoms with Gasteiger partial charge in [-0.15, -0.1) is 6.58 Å². The molecule has 0 saturated carbocycles. The molecule has 0 aliphatic carbocycles. The smallest absolute Gasteiger partial charge is 0.407 e. The molecule has 0 heterocycles. The highest BCUT2D eigenvalue weighted by molar-refractivity contribution is 5.67. The van der Waals surface area contributed by atoms with E-state index in [1.54, 1.807) is 18.2 Å². The van der Waals surface area contributed by atoms with Crippen LogP contribution in [0.25, 0.3) is 0 Å². The van der Waals surface area contributed by atoms with Crippen LogP contribution in [0.3, 0.4) is 0 Å². The van der Waals surface area contributed by atoms with Gasteiger partial charge in [0.2, 0.25) is 0 Å². The van der Waals surface area contributed by atoms with Gasteiger partial charge in [0.15, 0.2) is 0 Å². The lowest BCUT2D eigenvalue weighted by atomic mass is 10.0. The van der Waals surface area contributed by atoms with Crippen LogP contribution in [0.2, 0.25) is 0 Å². The van der Waals surface area contributed by atoms with Gasteiger partial charge in [-0.25, -0.2) is 4.79 Å². The standard InChI is InChI=1S/C20H20N2O2/c1-2-6-19(13-16-9-11-17(14-21)12-10-16)22-20(23)24-15-18-7-4-3-5-8-18/h2-5,7-12,19H,1,6,13,15H2,(H,22,23). The highest BCUT2D eigenvalue weighted by Crippen LogP contribution is 2.09. The molecule has 0 fully saturated rings. The van der Waals surface area contributed by atoms with Crippen molar-refractivity contribution < 1.29 is 9.53 Å². The van der Waals surface area contributed by atoms with E-state index in [0.717, 1.165) is 11.1 Å². The SMILES string of the molecule is C=CCC(Cc1ccc(C#N)cc1)NC(=O)OCc1ccccc1. The molecule has 2 aromatic rings. The normalized spacial score (nSPS) is 11.1. The first-order valence-electron chi connectivity index (χ1n) is 7.78. The second-order valence-corrected chi connectivity index (χ2v) is 5.44. The minimum atomic E-state index is -0.445. The van der Waals surface area contributed by atoms with Crippen LogP contribution in [0.15, 0.2) is 67.3 Å². The third-order valence-electron chi connectivity index (χ3n) is 3.55.